The molecule has 1 aliphatic rings. The van der Waals surface area contributed by atoms with Crippen LogP contribution in [0, 0.1) is 0 Å². The fourth-order valence-corrected chi connectivity index (χ4v) is 3.25. The number of fused-ring (bicyclic) bond motifs is 1. The van der Waals surface area contributed by atoms with Gasteiger partial charge >= 0.3 is 0 Å². The van der Waals surface area contributed by atoms with Crippen molar-refractivity contribution in [1.82, 2.24) is 20.0 Å². The Hall–Kier alpha value is -2.76. The average molecular weight is 307 g/mol. The Morgan fingerprint density at radius 1 is 1.17 bits per heavy atom. The van der Waals surface area contributed by atoms with E-state index in [4.69, 9.17) is 0 Å². The molecule has 0 amide bonds. The van der Waals surface area contributed by atoms with E-state index in [-0.39, 0.29) is 11.6 Å². The van der Waals surface area contributed by atoms with Crippen LogP contribution < -0.4 is 10.5 Å². The first-order valence-electron chi connectivity index (χ1n) is 7.82. The number of anilines is 1. The minimum atomic E-state index is -0.0663. The van der Waals surface area contributed by atoms with Crippen molar-refractivity contribution in [2.24, 2.45) is 0 Å². The van der Waals surface area contributed by atoms with E-state index in [1.807, 2.05) is 18.2 Å². The smallest absolute Gasteiger partial charge is 0.266 e. The summed E-state index contributed by atoms with van der Waals surface area (Å²) in [6.45, 7) is 1.50. The van der Waals surface area contributed by atoms with E-state index in [9.17, 15) is 4.79 Å². The molecule has 3 heterocycles. The number of hydrogen-bond acceptors (Lipinski definition) is 5. The van der Waals surface area contributed by atoms with Gasteiger partial charge in [-0.2, -0.15) is 10.2 Å². The van der Waals surface area contributed by atoms with Gasteiger partial charge < -0.3 is 4.90 Å². The molecule has 1 atom stereocenters. The molecule has 23 heavy (non-hydrogen) atoms. The number of hydrogen-bond donors (Lipinski definition) is 0. The maximum Gasteiger partial charge on any atom is 0.266 e. The van der Waals surface area contributed by atoms with Crippen molar-refractivity contribution >= 4 is 16.6 Å². The average Bonchev–Trinajstić information content (AvgIpc) is 3.04. The van der Waals surface area contributed by atoms with E-state index in [0.29, 0.717) is 6.54 Å². The summed E-state index contributed by atoms with van der Waals surface area (Å²) in [6.07, 6.45) is 5.54. The predicted molar refractivity (Wildman–Crippen MR) is 88.4 cm³/mol. The molecule has 0 radical (unpaired) electrons. The molecular weight excluding hydrogens is 290 g/mol. The zero-order valence-electron chi connectivity index (χ0n) is 12.7. The van der Waals surface area contributed by atoms with Crippen molar-refractivity contribution in [2.75, 3.05) is 11.4 Å². The van der Waals surface area contributed by atoms with Gasteiger partial charge in [0.2, 0.25) is 0 Å². The fraction of sp³-hybridized carbons (Fsp3) is 0.294. The largest absolute Gasteiger partial charge is 0.350 e. The molecule has 1 fully saturated rings. The molecule has 4 rings (SSSR count). The summed E-state index contributed by atoms with van der Waals surface area (Å²) in [5, 5.41) is 14.9. The van der Waals surface area contributed by atoms with Crippen LogP contribution in [0.4, 0.5) is 5.82 Å². The Kier molecular flexibility index (Phi) is 3.49. The maximum absolute atomic E-state index is 11.9. The van der Waals surface area contributed by atoms with Gasteiger partial charge in [0.15, 0.2) is 5.82 Å². The molecular formula is C17H17N5O. The van der Waals surface area contributed by atoms with Crippen molar-refractivity contribution in [3.8, 4) is 0 Å². The third kappa shape index (κ3) is 2.56. The van der Waals surface area contributed by atoms with Gasteiger partial charge in [0, 0.05) is 29.6 Å². The third-order valence-corrected chi connectivity index (χ3v) is 4.37. The summed E-state index contributed by atoms with van der Waals surface area (Å²) in [5.41, 5.74) is -0.0663. The summed E-state index contributed by atoms with van der Waals surface area (Å²) in [7, 11) is 0. The van der Waals surface area contributed by atoms with E-state index in [2.05, 4.69) is 26.3 Å². The van der Waals surface area contributed by atoms with Gasteiger partial charge in [-0.15, -0.1) is 5.10 Å². The second kappa shape index (κ2) is 5.79. The Balaban J connectivity index is 1.70. The van der Waals surface area contributed by atoms with Crippen LogP contribution in [-0.2, 0) is 6.54 Å². The first-order chi connectivity index (χ1) is 11.3. The molecule has 1 saturated heterocycles. The minimum Gasteiger partial charge on any atom is -0.350 e. The Morgan fingerprint density at radius 3 is 3.00 bits per heavy atom. The lowest BCUT2D eigenvalue weighted by Crippen LogP contribution is -2.37. The SMILES string of the molecule is O=c1cccnn1CC1CCCN1c1nncc2ccccc12. The van der Waals surface area contributed by atoms with Crippen LogP contribution in [0.1, 0.15) is 12.8 Å². The van der Waals surface area contributed by atoms with Crippen molar-refractivity contribution in [1.29, 1.82) is 0 Å². The molecule has 0 bridgehead atoms. The molecule has 6 nitrogen and oxygen atoms in total. The molecule has 0 aliphatic carbocycles. The topological polar surface area (TPSA) is 63.9 Å². The highest BCUT2D eigenvalue weighted by molar-refractivity contribution is 5.91. The standard InChI is InChI=1S/C17H17N5O/c23-16-8-3-9-19-22(16)12-14-6-4-10-21(14)17-15-7-2-1-5-13(15)11-18-20-17/h1-3,5,7-9,11,14H,4,6,10,12H2. The summed E-state index contributed by atoms with van der Waals surface area (Å²) >= 11 is 0. The number of nitrogens with zero attached hydrogens (tertiary/aromatic N) is 5. The summed E-state index contributed by atoms with van der Waals surface area (Å²) < 4.78 is 1.53. The molecule has 0 spiro atoms. The number of aromatic nitrogens is 4. The molecule has 116 valence electrons. The van der Waals surface area contributed by atoms with Crippen molar-refractivity contribution in [3.63, 3.8) is 0 Å². The zero-order valence-corrected chi connectivity index (χ0v) is 12.7. The quantitative estimate of drug-likeness (QED) is 0.739. The molecule has 2 aromatic heterocycles. The van der Waals surface area contributed by atoms with E-state index in [0.717, 1.165) is 36.0 Å². The predicted octanol–water partition coefficient (Wildman–Crippen LogP) is 1.86. The highest BCUT2D eigenvalue weighted by atomic mass is 16.1. The Labute approximate surface area is 133 Å². The lowest BCUT2D eigenvalue weighted by atomic mass is 10.1. The molecule has 0 N–H and O–H groups in total. The lowest BCUT2D eigenvalue weighted by Gasteiger charge is -2.26. The van der Waals surface area contributed by atoms with Crippen LogP contribution in [0.25, 0.3) is 10.8 Å². The van der Waals surface area contributed by atoms with Crippen LogP contribution in [0.2, 0.25) is 0 Å². The van der Waals surface area contributed by atoms with E-state index in [1.54, 1.807) is 24.5 Å². The van der Waals surface area contributed by atoms with E-state index >= 15 is 0 Å². The molecule has 1 unspecified atom stereocenters. The van der Waals surface area contributed by atoms with Gasteiger partial charge in [-0.25, -0.2) is 4.68 Å². The van der Waals surface area contributed by atoms with Crippen LogP contribution in [0.5, 0.6) is 0 Å². The molecule has 1 aromatic carbocycles. The molecule has 1 aliphatic heterocycles. The molecule has 3 aromatic rings. The van der Waals surface area contributed by atoms with E-state index in [1.165, 1.54) is 4.68 Å². The zero-order chi connectivity index (χ0) is 15.6. The highest BCUT2D eigenvalue weighted by Gasteiger charge is 2.28. The number of rotatable bonds is 3. The minimum absolute atomic E-state index is 0.0663. The fourth-order valence-electron chi connectivity index (χ4n) is 3.25. The van der Waals surface area contributed by atoms with Gasteiger partial charge in [-0.05, 0) is 18.9 Å². The third-order valence-electron chi connectivity index (χ3n) is 4.37. The van der Waals surface area contributed by atoms with Gasteiger partial charge in [0.1, 0.15) is 0 Å². The first-order valence-corrected chi connectivity index (χ1v) is 7.82. The van der Waals surface area contributed by atoms with Crippen molar-refractivity contribution in [3.05, 3.63) is 59.1 Å². The Bertz CT molecular complexity index is 886. The first kappa shape index (κ1) is 13.9. The Morgan fingerprint density at radius 2 is 2.09 bits per heavy atom. The van der Waals surface area contributed by atoms with Gasteiger partial charge in [-0.1, -0.05) is 24.3 Å². The van der Waals surface area contributed by atoms with Crippen molar-refractivity contribution in [2.45, 2.75) is 25.4 Å². The normalized spacial score (nSPS) is 17.7. The lowest BCUT2D eigenvalue weighted by molar-refractivity contribution is 0.487. The second-order valence-corrected chi connectivity index (χ2v) is 5.79. The molecule has 6 heteroatoms. The summed E-state index contributed by atoms with van der Waals surface area (Å²) in [5.74, 6) is 0.898. The monoisotopic (exact) mass is 307 g/mol. The summed E-state index contributed by atoms with van der Waals surface area (Å²) in [6, 6.07) is 11.6. The van der Waals surface area contributed by atoms with Gasteiger partial charge in [0.05, 0.1) is 18.8 Å². The maximum atomic E-state index is 11.9. The van der Waals surface area contributed by atoms with Gasteiger partial charge in [0.25, 0.3) is 5.56 Å². The second-order valence-electron chi connectivity index (χ2n) is 5.79. The van der Waals surface area contributed by atoms with Crippen LogP contribution in [-0.4, -0.2) is 32.6 Å². The molecule has 0 saturated carbocycles. The number of benzene rings is 1. The van der Waals surface area contributed by atoms with Gasteiger partial charge in [-0.3, -0.25) is 4.79 Å². The van der Waals surface area contributed by atoms with Crippen LogP contribution >= 0.6 is 0 Å². The van der Waals surface area contributed by atoms with Crippen LogP contribution in [0.15, 0.2) is 53.6 Å². The van der Waals surface area contributed by atoms with Crippen LogP contribution in [0.3, 0.4) is 0 Å². The summed E-state index contributed by atoms with van der Waals surface area (Å²) in [4.78, 5) is 14.2. The van der Waals surface area contributed by atoms with Crippen molar-refractivity contribution < 1.29 is 0 Å². The highest BCUT2D eigenvalue weighted by Crippen LogP contribution is 2.29. The van der Waals surface area contributed by atoms with E-state index < -0.39 is 0 Å².